The number of allylic oxidation sites excluding steroid dienone is 1. The largest absolute Gasteiger partial charge is 0.507 e. The molecule has 0 unspecified atom stereocenters. The molecule has 1 aliphatic heterocycles. The average molecular weight is 251 g/mol. The topological polar surface area (TPSA) is 49.8 Å². The molecule has 5 heteroatoms. The highest BCUT2D eigenvalue weighted by Crippen LogP contribution is 2.20. The zero-order chi connectivity index (χ0) is 13.0. The Hall–Kier alpha value is -1.88. The van der Waals surface area contributed by atoms with Gasteiger partial charge < -0.3 is 14.7 Å². The fraction of sp³-hybridized carbons (Fsp3) is 0.308. The van der Waals surface area contributed by atoms with Crippen LogP contribution in [-0.4, -0.2) is 42.1 Å². The van der Waals surface area contributed by atoms with Crippen LogP contribution in [-0.2, 0) is 4.74 Å². The normalized spacial score (nSPS) is 16.2. The number of hydrogen-bond donors (Lipinski definition) is 1. The summed E-state index contributed by atoms with van der Waals surface area (Å²) in [6.45, 7) is 2.63. The van der Waals surface area contributed by atoms with Gasteiger partial charge in [-0.2, -0.15) is 0 Å². The third-order valence-corrected chi connectivity index (χ3v) is 2.72. The maximum atomic E-state index is 13.4. The highest BCUT2D eigenvalue weighted by molar-refractivity contribution is 6.06. The number of carbonyl (C=O) groups excluding carboxylic acids is 1. The van der Waals surface area contributed by atoms with Crippen molar-refractivity contribution in [2.75, 3.05) is 26.3 Å². The lowest BCUT2D eigenvalue weighted by Gasteiger charge is -2.24. The second kappa shape index (κ2) is 5.64. The number of aromatic hydroxyl groups is 1. The Bertz CT molecular complexity index is 447. The van der Waals surface area contributed by atoms with Crippen molar-refractivity contribution in [2.24, 2.45) is 0 Å². The van der Waals surface area contributed by atoms with Gasteiger partial charge >= 0.3 is 0 Å². The molecule has 0 amide bonds. The van der Waals surface area contributed by atoms with Crippen molar-refractivity contribution in [1.82, 2.24) is 4.90 Å². The summed E-state index contributed by atoms with van der Waals surface area (Å²) in [6, 6.07) is 3.79. The third-order valence-electron chi connectivity index (χ3n) is 2.72. The van der Waals surface area contributed by atoms with E-state index in [1.807, 2.05) is 4.90 Å². The van der Waals surface area contributed by atoms with Crippen molar-refractivity contribution >= 4 is 5.78 Å². The van der Waals surface area contributed by atoms with Crippen molar-refractivity contribution in [3.05, 3.63) is 41.9 Å². The van der Waals surface area contributed by atoms with Gasteiger partial charge in [0.15, 0.2) is 5.78 Å². The molecular weight excluding hydrogens is 237 g/mol. The molecule has 1 saturated heterocycles. The first-order chi connectivity index (χ1) is 8.68. The molecule has 0 atom stereocenters. The van der Waals surface area contributed by atoms with Gasteiger partial charge in [-0.1, -0.05) is 6.07 Å². The number of nitrogens with zero attached hydrogens (tertiary/aromatic N) is 1. The number of phenols is 1. The smallest absolute Gasteiger partial charge is 0.193 e. The zero-order valence-electron chi connectivity index (χ0n) is 9.80. The van der Waals surface area contributed by atoms with Crippen molar-refractivity contribution in [1.29, 1.82) is 0 Å². The summed E-state index contributed by atoms with van der Waals surface area (Å²) in [6.07, 6.45) is 2.88. The fourth-order valence-corrected chi connectivity index (χ4v) is 1.74. The van der Waals surface area contributed by atoms with Gasteiger partial charge in [-0.3, -0.25) is 4.79 Å². The molecule has 2 rings (SSSR count). The van der Waals surface area contributed by atoms with Gasteiger partial charge in [0.05, 0.1) is 18.8 Å². The van der Waals surface area contributed by atoms with Crippen LogP contribution in [0.3, 0.4) is 0 Å². The Morgan fingerprint density at radius 1 is 1.39 bits per heavy atom. The van der Waals surface area contributed by atoms with Crippen LogP contribution in [0.15, 0.2) is 30.5 Å². The predicted molar refractivity (Wildman–Crippen MR) is 63.9 cm³/mol. The van der Waals surface area contributed by atoms with Crippen molar-refractivity contribution < 1.29 is 19.0 Å². The molecule has 1 heterocycles. The zero-order valence-corrected chi connectivity index (χ0v) is 9.80. The van der Waals surface area contributed by atoms with E-state index in [1.165, 1.54) is 18.2 Å². The lowest BCUT2D eigenvalue weighted by atomic mass is 10.1. The van der Waals surface area contributed by atoms with Gasteiger partial charge in [0.2, 0.25) is 0 Å². The fourth-order valence-electron chi connectivity index (χ4n) is 1.74. The first-order valence-electron chi connectivity index (χ1n) is 5.70. The Labute approximate surface area is 104 Å². The van der Waals surface area contributed by atoms with E-state index in [2.05, 4.69) is 0 Å². The summed E-state index contributed by atoms with van der Waals surface area (Å²) >= 11 is 0. The lowest BCUT2D eigenvalue weighted by Crippen LogP contribution is -2.32. The summed E-state index contributed by atoms with van der Waals surface area (Å²) < 4.78 is 18.6. The number of rotatable bonds is 3. The maximum absolute atomic E-state index is 13.4. The molecule has 0 bridgehead atoms. The average Bonchev–Trinajstić information content (AvgIpc) is 2.37. The standard InChI is InChI=1S/C13H14FNO3/c14-10-2-1-3-11(16)13(10)12(17)4-5-15-6-8-18-9-7-15/h1-5,16H,6-9H2/b5-4+. The summed E-state index contributed by atoms with van der Waals surface area (Å²) in [5, 5.41) is 9.47. The number of morpholine rings is 1. The minimum Gasteiger partial charge on any atom is -0.507 e. The van der Waals surface area contributed by atoms with E-state index in [0.717, 1.165) is 6.07 Å². The minimum absolute atomic E-state index is 0.290. The van der Waals surface area contributed by atoms with Gasteiger partial charge in [0.25, 0.3) is 0 Å². The predicted octanol–water partition coefficient (Wildman–Crippen LogP) is 1.56. The molecule has 1 fully saturated rings. The number of carbonyl (C=O) groups is 1. The van der Waals surface area contributed by atoms with Crippen molar-refractivity contribution in [3.8, 4) is 5.75 Å². The number of hydrogen-bond acceptors (Lipinski definition) is 4. The van der Waals surface area contributed by atoms with E-state index in [-0.39, 0.29) is 11.3 Å². The monoisotopic (exact) mass is 251 g/mol. The highest BCUT2D eigenvalue weighted by Gasteiger charge is 2.14. The maximum Gasteiger partial charge on any atom is 0.193 e. The molecule has 0 aromatic heterocycles. The molecule has 0 aliphatic carbocycles. The Morgan fingerprint density at radius 3 is 2.78 bits per heavy atom. The molecule has 4 nitrogen and oxygen atoms in total. The van der Waals surface area contributed by atoms with E-state index >= 15 is 0 Å². The van der Waals surface area contributed by atoms with Gasteiger partial charge in [0.1, 0.15) is 11.6 Å². The third kappa shape index (κ3) is 2.87. The van der Waals surface area contributed by atoms with Gasteiger partial charge in [0, 0.05) is 25.4 Å². The molecule has 18 heavy (non-hydrogen) atoms. The van der Waals surface area contributed by atoms with E-state index in [0.29, 0.717) is 26.3 Å². The number of phenolic OH excluding ortho intramolecular Hbond substituents is 1. The Kier molecular flexibility index (Phi) is 3.94. The molecule has 0 saturated carbocycles. The molecular formula is C13H14FNO3. The van der Waals surface area contributed by atoms with Crippen LogP contribution in [0.25, 0.3) is 0 Å². The molecule has 0 radical (unpaired) electrons. The first kappa shape index (κ1) is 12.6. The number of ketones is 1. The molecule has 1 aromatic carbocycles. The van der Waals surface area contributed by atoms with E-state index in [1.54, 1.807) is 6.20 Å². The van der Waals surface area contributed by atoms with Crippen LogP contribution in [0.5, 0.6) is 5.75 Å². The van der Waals surface area contributed by atoms with E-state index < -0.39 is 11.6 Å². The highest BCUT2D eigenvalue weighted by atomic mass is 19.1. The van der Waals surface area contributed by atoms with Crippen LogP contribution in [0, 0.1) is 5.82 Å². The second-order valence-corrected chi connectivity index (χ2v) is 3.96. The number of benzene rings is 1. The van der Waals surface area contributed by atoms with Crippen LogP contribution in [0.2, 0.25) is 0 Å². The van der Waals surface area contributed by atoms with Gasteiger partial charge in [-0.25, -0.2) is 4.39 Å². The van der Waals surface area contributed by atoms with E-state index in [4.69, 9.17) is 4.74 Å². The Balaban J connectivity index is 2.09. The molecule has 1 aromatic rings. The van der Waals surface area contributed by atoms with E-state index in [9.17, 15) is 14.3 Å². The Morgan fingerprint density at radius 2 is 2.11 bits per heavy atom. The van der Waals surface area contributed by atoms with Crippen molar-refractivity contribution in [2.45, 2.75) is 0 Å². The van der Waals surface area contributed by atoms with Crippen LogP contribution in [0.4, 0.5) is 4.39 Å². The lowest BCUT2D eigenvalue weighted by molar-refractivity contribution is 0.0591. The molecule has 0 spiro atoms. The van der Waals surface area contributed by atoms with Crippen LogP contribution >= 0.6 is 0 Å². The minimum atomic E-state index is -0.716. The van der Waals surface area contributed by atoms with Gasteiger partial charge in [-0.15, -0.1) is 0 Å². The number of ether oxygens (including phenoxy) is 1. The summed E-state index contributed by atoms with van der Waals surface area (Å²) in [7, 11) is 0. The first-order valence-corrected chi connectivity index (χ1v) is 5.70. The molecule has 1 N–H and O–H groups in total. The quantitative estimate of drug-likeness (QED) is 0.654. The summed E-state index contributed by atoms with van der Waals surface area (Å²) in [4.78, 5) is 13.7. The van der Waals surface area contributed by atoms with Gasteiger partial charge in [-0.05, 0) is 12.1 Å². The summed E-state index contributed by atoms with van der Waals surface area (Å²) in [5.74, 6) is -1.60. The second-order valence-electron chi connectivity index (χ2n) is 3.96. The summed E-state index contributed by atoms with van der Waals surface area (Å²) in [5.41, 5.74) is -0.290. The van der Waals surface area contributed by atoms with Crippen LogP contribution < -0.4 is 0 Å². The molecule has 96 valence electrons. The molecule has 1 aliphatic rings. The SMILES string of the molecule is O=C(/C=C/N1CCOCC1)c1c(O)cccc1F. The van der Waals surface area contributed by atoms with Crippen molar-refractivity contribution in [3.63, 3.8) is 0 Å². The van der Waals surface area contributed by atoms with Crippen LogP contribution in [0.1, 0.15) is 10.4 Å². The number of halogens is 1.